The molecule has 2 heterocycles. The van der Waals surface area contributed by atoms with Gasteiger partial charge in [0.2, 0.25) is 0 Å². The molecule has 1 atom stereocenters. The third kappa shape index (κ3) is 3.39. The van der Waals surface area contributed by atoms with Crippen LogP contribution in [0.4, 0.5) is 0 Å². The van der Waals surface area contributed by atoms with Crippen molar-refractivity contribution in [2.45, 2.75) is 39.7 Å². The molecule has 0 spiro atoms. The first-order valence-electron chi connectivity index (χ1n) is 9.59. The van der Waals surface area contributed by atoms with Gasteiger partial charge in [0.25, 0.3) is 0 Å². The quantitative estimate of drug-likeness (QED) is 0.721. The van der Waals surface area contributed by atoms with Gasteiger partial charge in [-0.1, -0.05) is 13.8 Å². The van der Waals surface area contributed by atoms with Gasteiger partial charge in [-0.25, -0.2) is 4.79 Å². The lowest BCUT2D eigenvalue weighted by Gasteiger charge is -2.31. The van der Waals surface area contributed by atoms with Crippen molar-refractivity contribution in [3.63, 3.8) is 0 Å². The van der Waals surface area contributed by atoms with Crippen LogP contribution in [0.15, 0.2) is 45.8 Å². The molecule has 0 fully saturated rings. The highest BCUT2D eigenvalue weighted by Crippen LogP contribution is 2.43. The number of pyridine rings is 1. The van der Waals surface area contributed by atoms with E-state index in [4.69, 9.17) is 14.2 Å². The molecule has 0 saturated carbocycles. The fraction of sp³-hybridized carbons (Fsp3) is 0.455. The van der Waals surface area contributed by atoms with Gasteiger partial charge in [0.05, 0.1) is 32.4 Å². The largest absolute Gasteiger partial charge is 0.496 e. The molecular weight excluding hydrogens is 358 g/mol. The van der Waals surface area contributed by atoms with Gasteiger partial charge in [-0.3, -0.25) is 4.79 Å². The Kier molecular flexibility index (Phi) is 5.77. The molecule has 1 aliphatic heterocycles. The molecule has 1 aromatic rings. The summed E-state index contributed by atoms with van der Waals surface area (Å²) < 4.78 is 18.4. The summed E-state index contributed by atoms with van der Waals surface area (Å²) in [5.41, 5.74) is 2.49. The summed E-state index contributed by atoms with van der Waals surface area (Å²) in [6.45, 7) is 6.20. The van der Waals surface area contributed by atoms with E-state index in [2.05, 4.69) is 19.9 Å². The highest BCUT2D eigenvalue weighted by molar-refractivity contribution is 5.89. The maximum absolute atomic E-state index is 12.6. The summed E-state index contributed by atoms with van der Waals surface area (Å²) in [5.74, 6) is 1.06. The van der Waals surface area contributed by atoms with Crippen molar-refractivity contribution in [1.82, 2.24) is 4.57 Å². The minimum Gasteiger partial charge on any atom is -0.496 e. The summed E-state index contributed by atoms with van der Waals surface area (Å²) in [6.07, 6.45) is 7.25. The van der Waals surface area contributed by atoms with Gasteiger partial charge in [0.15, 0.2) is 5.43 Å². The van der Waals surface area contributed by atoms with E-state index in [1.54, 1.807) is 27.3 Å². The van der Waals surface area contributed by atoms with Crippen LogP contribution in [0.2, 0.25) is 0 Å². The number of esters is 1. The number of fused-ring (bicyclic) bond motifs is 1. The van der Waals surface area contributed by atoms with Crippen molar-refractivity contribution in [2.75, 3.05) is 20.8 Å². The van der Waals surface area contributed by atoms with E-state index >= 15 is 0 Å². The number of allylic oxidation sites excluding steroid dienone is 2. The zero-order valence-corrected chi connectivity index (χ0v) is 17.1. The Bertz CT molecular complexity index is 933. The lowest BCUT2D eigenvalue weighted by Crippen LogP contribution is -2.26. The van der Waals surface area contributed by atoms with E-state index in [-0.39, 0.29) is 29.6 Å². The number of carbonyl (C=O) groups excluding carboxylic acids is 1. The zero-order valence-electron chi connectivity index (χ0n) is 17.1. The van der Waals surface area contributed by atoms with Crippen molar-refractivity contribution >= 4 is 12.0 Å². The predicted molar refractivity (Wildman–Crippen MR) is 107 cm³/mol. The Morgan fingerprint density at radius 2 is 1.96 bits per heavy atom. The molecule has 0 bridgehead atoms. The Labute approximate surface area is 165 Å². The topological polar surface area (TPSA) is 66.8 Å². The van der Waals surface area contributed by atoms with Crippen LogP contribution >= 0.6 is 0 Å². The van der Waals surface area contributed by atoms with Crippen molar-refractivity contribution in [1.29, 1.82) is 0 Å². The third-order valence-corrected chi connectivity index (χ3v) is 5.17. The first-order chi connectivity index (χ1) is 13.4. The molecule has 0 amide bonds. The van der Waals surface area contributed by atoms with Gasteiger partial charge in [0.1, 0.15) is 17.1 Å². The average Bonchev–Trinajstić information content (AvgIpc) is 2.81. The molecule has 6 nitrogen and oxygen atoms in total. The van der Waals surface area contributed by atoms with Crippen molar-refractivity contribution in [2.24, 2.45) is 5.92 Å². The fourth-order valence-corrected chi connectivity index (χ4v) is 4.05. The lowest BCUT2D eigenvalue weighted by atomic mass is 9.85. The molecule has 3 rings (SSSR count). The molecule has 0 N–H and O–H groups in total. The fourth-order valence-electron chi connectivity index (χ4n) is 4.05. The van der Waals surface area contributed by atoms with Crippen molar-refractivity contribution < 1.29 is 19.0 Å². The van der Waals surface area contributed by atoms with Crippen LogP contribution in [0.1, 0.15) is 55.7 Å². The van der Waals surface area contributed by atoms with Crippen molar-refractivity contribution in [3.8, 4) is 0 Å². The first kappa shape index (κ1) is 20.0. The Morgan fingerprint density at radius 3 is 2.57 bits per heavy atom. The molecule has 6 heteroatoms. The van der Waals surface area contributed by atoms with Crippen LogP contribution in [-0.4, -0.2) is 31.4 Å². The van der Waals surface area contributed by atoms with E-state index in [0.717, 1.165) is 24.2 Å². The molecule has 0 saturated heterocycles. The van der Waals surface area contributed by atoms with Crippen LogP contribution < -0.4 is 5.43 Å². The maximum Gasteiger partial charge on any atom is 0.343 e. The zero-order chi connectivity index (χ0) is 20.4. The SMILES string of the molecule is CCOC(=O)c1cn2c(cc1=O)C=C(OC)C1=C(CCC=C1OC)C2C(C)C. The summed E-state index contributed by atoms with van der Waals surface area (Å²) in [7, 11) is 3.27. The molecule has 0 radical (unpaired) electrons. The van der Waals surface area contributed by atoms with Crippen molar-refractivity contribution in [3.05, 3.63) is 62.5 Å². The molecule has 150 valence electrons. The molecule has 28 heavy (non-hydrogen) atoms. The molecule has 1 aliphatic carbocycles. The Morgan fingerprint density at radius 1 is 1.25 bits per heavy atom. The number of methoxy groups -OCH3 is 2. The summed E-state index contributed by atoms with van der Waals surface area (Å²) in [4.78, 5) is 24.9. The number of hydrogen-bond acceptors (Lipinski definition) is 5. The number of nitrogens with zero attached hydrogens (tertiary/aromatic N) is 1. The summed E-state index contributed by atoms with van der Waals surface area (Å²) in [5, 5.41) is 0. The summed E-state index contributed by atoms with van der Waals surface area (Å²) >= 11 is 0. The second kappa shape index (κ2) is 8.09. The average molecular weight is 385 g/mol. The predicted octanol–water partition coefficient (Wildman–Crippen LogP) is 3.84. The normalized spacial score (nSPS) is 18.6. The number of aromatic nitrogens is 1. The standard InChI is InChI=1S/C22H27NO5/c1-6-28-22(25)16-12-23-14(10-17(16)24)11-19(27-5)20-15(21(23)13(2)3)8-7-9-18(20)26-4/h9-13,21H,6-8H2,1-5H3. The smallest absolute Gasteiger partial charge is 0.343 e. The second-order valence-corrected chi connectivity index (χ2v) is 7.22. The number of ether oxygens (including phenoxy) is 3. The highest BCUT2D eigenvalue weighted by Gasteiger charge is 2.33. The number of hydrogen-bond donors (Lipinski definition) is 0. The molecule has 0 aromatic carbocycles. The van der Waals surface area contributed by atoms with Gasteiger partial charge in [-0.15, -0.1) is 0 Å². The lowest BCUT2D eigenvalue weighted by molar-refractivity contribution is 0.0523. The van der Waals surface area contributed by atoms with Gasteiger partial charge in [0, 0.05) is 24.0 Å². The minimum atomic E-state index is -0.596. The van der Waals surface area contributed by atoms with Crippen LogP contribution in [0.5, 0.6) is 0 Å². The van der Waals surface area contributed by atoms with E-state index in [9.17, 15) is 9.59 Å². The van der Waals surface area contributed by atoms with E-state index in [1.165, 1.54) is 11.6 Å². The van der Waals surface area contributed by atoms with E-state index in [1.807, 2.05) is 10.6 Å². The summed E-state index contributed by atoms with van der Waals surface area (Å²) in [6, 6.07) is 1.44. The van der Waals surface area contributed by atoms with E-state index in [0.29, 0.717) is 11.5 Å². The number of rotatable bonds is 5. The van der Waals surface area contributed by atoms with Gasteiger partial charge >= 0.3 is 5.97 Å². The van der Waals surface area contributed by atoms with Crippen LogP contribution in [0.25, 0.3) is 6.08 Å². The van der Waals surface area contributed by atoms with Gasteiger partial charge in [-0.2, -0.15) is 0 Å². The molecule has 1 unspecified atom stereocenters. The maximum atomic E-state index is 12.6. The number of carbonyl (C=O) groups is 1. The van der Waals surface area contributed by atoms with Crippen LogP contribution in [0, 0.1) is 5.92 Å². The third-order valence-electron chi connectivity index (χ3n) is 5.17. The Hall–Kier alpha value is -2.76. The van der Waals surface area contributed by atoms with Crippen LogP contribution in [0.3, 0.4) is 0 Å². The molecule has 1 aromatic heterocycles. The molecular formula is C22H27NO5. The Balaban J connectivity index is 2.30. The monoisotopic (exact) mass is 385 g/mol. The first-order valence-corrected chi connectivity index (χ1v) is 9.59. The van der Waals surface area contributed by atoms with Crippen LogP contribution in [-0.2, 0) is 14.2 Å². The van der Waals surface area contributed by atoms with Gasteiger partial charge < -0.3 is 18.8 Å². The second-order valence-electron chi connectivity index (χ2n) is 7.22. The molecule has 2 aliphatic rings. The van der Waals surface area contributed by atoms with Gasteiger partial charge in [-0.05, 0) is 37.3 Å². The van der Waals surface area contributed by atoms with E-state index < -0.39 is 5.97 Å². The minimum absolute atomic E-state index is 0.0403. The highest BCUT2D eigenvalue weighted by atomic mass is 16.5.